The summed E-state index contributed by atoms with van der Waals surface area (Å²) in [5.74, 6) is 2.04. The Bertz CT molecular complexity index is 533. The highest BCUT2D eigenvalue weighted by atomic mass is 16.5. The average molecular weight is 320 g/mol. The van der Waals surface area contributed by atoms with E-state index in [1.165, 1.54) is 0 Å². The number of benzene rings is 1. The van der Waals surface area contributed by atoms with E-state index in [-0.39, 0.29) is 11.8 Å². The van der Waals surface area contributed by atoms with Gasteiger partial charge >= 0.3 is 0 Å². The fourth-order valence-electron chi connectivity index (χ4n) is 3.42. The third kappa shape index (κ3) is 3.96. The van der Waals surface area contributed by atoms with Gasteiger partial charge in [-0.05, 0) is 49.9 Å². The fraction of sp³-hybridized carbons (Fsp3) is 0.611. The van der Waals surface area contributed by atoms with E-state index >= 15 is 0 Å². The highest BCUT2D eigenvalue weighted by molar-refractivity contribution is 5.79. The molecule has 2 atom stereocenters. The maximum Gasteiger partial charge on any atom is 0.226 e. The van der Waals surface area contributed by atoms with Crippen LogP contribution >= 0.6 is 0 Å². The highest BCUT2D eigenvalue weighted by Gasteiger charge is 2.34. The second-order valence-electron chi connectivity index (χ2n) is 6.07. The third-order valence-electron chi connectivity index (χ3n) is 4.79. The van der Waals surface area contributed by atoms with Crippen molar-refractivity contribution in [3.05, 3.63) is 23.8 Å². The van der Waals surface area contributed by atoms with Crippen molar-refractivity contribution < 1.29 is 14.3 Å². The molecule has 0 heterocycles. The SMILES string of the molecule is CCN(Cc1ccc(OC)c(OC)c1)C(=O)[C@@H]1CCC[C@@H]1CN. The van der Waals surface area contributed by atoms with Crippen LogP contribution in [0.4, 0.5) is 0 Å². The lowest BCUT2D eigenvalue weighted by atomic mass is 9.94. The van der Waals surface area contributed by atoms with E-state index in [1.807, 2.05) is 30.0 Å². The molecule has 1 aromatic rings. The molecule has 2 rings (SSSR count). The smallest absolute Gasteiger partial charge is 0.226 e. The molecule has 1 aliphatic carbocycles. The predicted octanol–water partition coefficient (Wildman–Crippen LogP) is 2.43. The van der Waals surface area contributed by atoms with Gasteiger partial charge in [0.1, 0.15) is 0 Å². The van der Waals surface area contributed by atoms with Gasteiger partial charge in [0.2, 0.25) is 5.91 Å². The van der Waals surface area contributed by atoms with Crippen molar-refractivity contribution in [2.24, 2.45) is 17.6 Å². The minimum atomic E-state index is 0.0834. The number of hydrogen-bond acceptors (Lipinski definition) is 4. The van der Waals surface area contributed by atoms with Crippen molar-refractivity contribution in [3.8, 4) is 11.5 Å². The molecule has 23 heavy (non-hydrogen) atoms. The Morgan fingerprint density at radius 1 is 1.26 bits per heavy atom. The van der Waals surface area contributed by atoms with Crippen LogP contribution in [-0.2, 0) is 11.3 Å². The lowest BCUT2D eigenvalue weighted by Crippen LogP contribution is -2.38. The zero-order valence-electron chi connectivity index (χ0n) is 14.4. The molecule has 128 valence electrons. The topological polar surface area (TPSA) is 64.8 Å². The van der Waals surface area contributed by atoms with Crippen LogP contribution in [0.5, 0.6) is 11.5 Å². The summed E-state index contributed by atoms with van der Waals surface area (Å²) in [6, 6.07) is 5.79. The summed E-state index contributed by atoms with van der Waals surface area (Å²) in [6.07, 6.45) is 3.14. The zero-order chi connectivity index (χ0) is 16.8. The van der Waals surface area contributed by atoms with Crippen molar-refractivity contribution in [2.45, 2.75) is 32.7 Å². The lowest BCUT2D eigenvalue weighted by Gasteiger charge is -2.27. The van der Waals surface area contributed by atoms with Crippen LogP contribution in [0, 0.1) is 11.8 Å². The molecule has 1 fully saturated rings. The van der Waals surface area contributed by atoms with Crippen LogP contribution in [0.15, 0.2) is 18.2 Å². The molecule has 0 aromatic heterocycles. The molecule has 5 heteroatoms. The second-order valence-corrected chi connectivity index (χ2v) is 6.07. The van der Waals surface area contributed by atoms with Gasteiger partial charge in [-0.3, -0.25) is 4.79 Å². The zero-order valence-corrected chi connectivity index (χ0v) is 14.4. The Balaban J connectivity index is 2.11. The van der Waals surface area contributed by atoms with E-state index < -0.39 is 0 Å². The van der Waals surface area contributed by atoms with E-state index in [2.05, 4.69) is 0 Å². The van der Waals surface area contributed by atoms with E-state index in [9.17, 15) is 4.79 Å². The molecule has 0 radical (unpaired) electrons. The van der Waals surface area contributed by atoms with Crippen molar-refractivity contribution in [2.75, 3.05) is 27.3 Å². The monoisotopic (exact) mass is 320 g/mol. The summed E-state index contributed by atoms with van der Waals surface area (Å²) in [7, 11) is 3.24. The van der Waals surface area contributed by atoms with Gasteiger partial charge < -0.3 is 20.1 Å². The highest BCUT2D eigenvalue weighted by Crippen LogP contribution is 2.33. The predicted molar refractivity (Wildman–Crippen MR) is 90.5 cm³/mol. The Hall–Kier alpha value is -1.75. The van der Waals surface area contributed by atoms with Gasteiger partial charge in [0, 0.05) is 19.0 Å². The molecule has 1 aromatic carbocycles. The third-order valence-corrected chi connectivity index (χ3v) is 4.79. The standard InChI is InChI=1S/C18H28N2O3/c1-4-20(18(21)15-7-5-6-14(15)11-19)12-13-8-9-16(22-2)17(10-13)23-3/h8-10,14-15H,4-7,11-12,19H2,1-3H3/t14-,15-/m1/s1. The molecular formula is C18H28N2O3. The Labute approximate surface area is 138 Å². The molecule has 0 spiro atoms. The molecule has 2 N–H and O–H groups in total. The summed E-state index contributed by atoms with van der Waals surface area (Å²) in [4.78, 5) is 14.8. The molecule has 1 amide bonds. The Morgan fingerprint density at radius 2 is 2.00 bits per heavy atom. The first-order valence-corrected chi connectivity index (χ1v) is 8.34. The summed E-state index contributed by atoms with van der Waals surface area (Å²) in [5.41, 5.74) is 6.87. The quantitative estimate of drug-likeness (QED) is 0.838. The largest absolute Gasteiger partial charge is 0.493 e. The first-order valence-electron chi connectivity index (χ1n) is 8.34. The van der Waals surface area contributed by atoms with Gasteiger partial charge in [-0.25, -0.2) is 0 Å². The molecule has 0 aliphatic heterocycles. The number of nitrogens with zero attached hydrogens (tertiary/aromatic N) is 1. The van der Waals surface area contributed by atoms with Crippen LogP contribution in [0.3, 0.4) is 0 Å². The molecular weight excluding hydrogens is 292 g/mol. The number of methoxy groups -OCH3 is 2. The van der Waals surface area contributed by atoms with Crippen LogP contribution in [0.25, 0.3) is 0 Å². The number of hydrogen-bond donors (Lipinski definition) is 1. The normalized spacial score (nSPS) is 20.3. The van der Waals surface area contributed by atoms with Crippen molar-refractivity contribution in [3.63, 3.8) is 0 Å². The average Bonchev–Trinajstić information content (AvgIpc) is 3.07. The van der Waals surface area contributed by atoms with E-state index in [0.29, 0.717) is 37.1 Å². The summed E-state index contributed by atoms with van der Waals surface area (Å²) in [5, 5.41) is 0. The van der Waals surface area contributed by atoms with Crippen LogP contribution in [-0.4, -0.2) is 38.1 Å². The minimum Gasteiger partial charge on any atom is -0.493 e. The number of carbonyl (C=O) groups is 1. The maximum atomic E-state index is 12.8. The molecule has 1 saturated carbocycles. The first kappa shape index (κ1) is 17.6. The molecule has 0 unspecified atom stereocenters. The van der Waals surface area contributed by atoms with Crippen LogP contribution < -0.4 is 15.2 Å². The minimum absolute atomic E-state index is 0.0834. The summed E-state index contributed by atoms with van der Waals surface area (Å²) < 4.78 is 10.6. The first-order chi connectivity index (χ1) is 11.1. The van der Waals surface area contributed by atoms with Gasteiger partial charge in [-0.2, -0.15) is 0 Å². The number of rotatable bonds is 7. The fourth-order valence-corrected chi connectivity index (χ4v) is 3.42. The Kier molecular flexibility index (Phi) is 6.28. The van der Waals surface area contributed by atoms with Crippen LogP contribution in [0.1, 0.15) is 31.7 Å². The second kappa shape index (κ2) is 8.20. The van der Waals surface area contributed by atoms with Crippen molar-refractivity contribution in [1.82, 2.24) is 4.90 Å². The molecule has 5 nitrogen and oxygen atoms in total. The number of carbonyl (C=O) groups excluding carboxylic acids is 1. The molecule has 0 saturated heterocycles. The number of amides is 1. The van der Waals surface area contributed by atoms with Gasteiger partial charge in [0.25, 0.3) is 0 Å². The lowest BCUT2D eigenvalue weighted by molar-refractivity contribution is -0.137. The summed E-state index contributed by atoms with van der Waals surface area (Å²) >= 11 is 0. The van der Waals surface area contributed by atoms with Crippen LogP contribution in [0.2, 0.25) is 0 Å². The van der Waals surface area contributed by atoms with Crippen molar-refractivity contribution in [1.29, 1.82) is 0 Å². The van der Waals surface area contributed by atoms with Gasteiger partial charge in [0.05, 0.1) is 14.2 Å². The summed E-state index contributed by atoms with van der Waals surface area (Å²) in [6.45, 7) is 3.90. The number of ether oxygens (including phenoxy) is 2. The number of nitrogens with two attached hydrogens (primary N) is 1. The Morgan fingerprint density at radius 3 is 2.61 bits per heavy atom. The van der Waals surface area contributed by atoms with Gasteiger partial charge in [-0.1, -0.05) is 12.5 Å². The van der Waals surface area contributed by atoms with Crippen molar-refractivity contribution >= 4 is 5.91 Å². The van der Waals surface area contributed by atoms with E-state index in [4.69, 9.17) is 15.2 Å². The van der Waals surface area contributed by atoms with Gasteiger partial charge in [0.15, 0.2) is 11.5 Å². The molecule has 0 bridgehead atoms. The maximum absolute atomic E-state index is 12.8. The molecule has 1 aliphatic rings. The van der Waals surface area contributed by atoms with E-state index in [0.717, 1.165) is 24.8 Å². The van der Waals surface area contributed by atoms with E-state index in [1.54, 1.807) is 14.2 Å². The van der Waals surface area contributed by atoms with Gasteiger partial charge in [-0.15, -0.1) is 0 Å².